The minimum absolute atomic E-state index is 0.0383. The second-order valence-electron chi connectivity index (χ2n) is 29.2. The fourth-order valence-electron chi connectivity index (χ4n) is 14.5. The van der Waals surface area contributed by atoms with E-state index in [1.165, 1.54) is 18.9 Å². The van der Waals surface area contributed by atoms with Crippen LogP contribution < -0.4 is 54.4 Å². The molecule has 16 rings (SSSR count). The summed E-state index contributed by atoms with van der Waals surface area (Å²) in [5.41, 5.74) is 13.4. The first-order valence-electron chi connectivity index (χ1n) is 37.3. The van der Waals surface area contributed by atoms with Crippen LogP contribution in [0.4, 0.5) is 25.8 Å². The lowest BCUT2D eigenvalue weighted by Gasteiger charge is -2.26. The highest BCUT2D eigenvalue weighted by Crippen LogP contribution is 2.43. The number of sulfone groups is 1. The molecular weight excluding hydrogens is 1580 g/mol. The number of fused-ring (bicyclic) bond motifs is 4. The molecule has 5 aliphatic heterocycles. The number of halogens is 2. The van der Waals surface area contributed by atoms with Crippen molar-refractivity contribution in [2.45, 2.75) is 91.4 Å². The minimum Gasteiger partial charge on any atom is -0.493 e. The number of benzene rings is 5. The Labute approximate surface area is 670 Å². The van der Waals surface area contributed by atoms with Gasteiger partial charge in [-0.1, -0.05) is 6.07 Å². The molecule has 1 aliphatic carbocycles. The standard InChI is InChI=1S/C22H20F2N2O4S.C20H20N4O4S.C20H25N3O5S.C19H23N3O4S/c1-13-9-18(26-8-7-25-22(27)21(13)26)16-10-14(12-31(2,28)29)3-5-19(16)30-20-6-4-15(23)11-17(20)24;1-13-10-17(24-9-8-22-20(25)19(13)24)16-11-14(23-29(2,26)27)5-6-18(16)28-15-4-3-7-21-12-15;1-13-11-17(23-8-7-21-20(24)19(13)23)16-12-14(22-29(2,25)26)3-4-18(16)28-15-5-9-27-10-6-15;1-12-9-16(22-8-7-20-19(23)18(12)22)15-10-14(21-27(2,24)25)5-6-17(15)26-11-13-3-4-13/h3-6,9-11H,7-8,12H2,1-2H3,(H,25,27);3-7,10-12,23H,8-9H2,1-2H3,(H,22,25);3-4,11-12,15,22H,5-10H2,1-2H3,(H,21,24);5-6,9-10,13,21H,3-4,7-8,11H2,1-2H3,(H,20,23). The normalized spacial score (nSPS) is 15.3. The number of aromatic nitrogens is 5. The fraction of sp³-hybridized carbons (Fsp3) is 0.321. The van der Waals surface area contributed by atoms with E-state index in [1.807, 2.05) is 63.3 Å². The van der Waals surface area contributed by atoms with Crippen molar-refractivity contribution >= 4 is 80.6 Å². The maximum absolute atomic E-state index is 14.2. The van der Waals surface area contributed by atoms with Crippen molar-refractivity contribution in [3.63, 3.8) is 0 Å². The van der Waals surface area contributed by atoms with Crippen molar-refractivity contribution in [3.8, 4) is 79.5 Å². The highest BCUT2D eigenvalue weighted by molar-refractivity contribution is 7.92. The number of nitrogens with zero attached hydrogens (tertiary/aromatic N) is 5. The second-order valence-corrected chi connectivity index (χ2v) is 36.6. The molecule has 2 fully saturated rings. The number of sulfonamides is 3. The van der Waals surface area contributed by atoms with Gasteiger partial charge in [-0.3, -0.25) is 38.3 Å². The zero-order valence-electron chi connectivity index (χ0n) is 64.8. The van der Waals surface area contributed by atoms with Crippen LogP contribution in [0.25, 0.3) is 45.0 Å². The first-order chi connectivity index (χ1) is 55.1. The summed E-state index contributed by atoms with van der Waals surface area (Å²) in [5, 5.41) is 11.4. The van der Waals surface area contributed by atoms with E-state index in [0.29, 0.717) is 163 Å². The van der Waals surface area contributed by atoms with Crippen molar-refractivity contribution in [1.29, 1.82) is 0 Å². The smallest absolute Gasteiger partial charge is 0.268 e. The van der Waals surface area contributed by atoms with Gasteiger partial charge in [-0.05, 0) is 190 Å². The Morgan fingerprint density at radius 3 is 1.28 bits per heavy atom. The lowest BCUT2D eigenvalue weighted by molar-refractivity contribution is 0.0257. The summed E-state index contributed by atoms with van der Waals surface area (Å²) in [6, 6.07) is 34.6. The summed E-state index contributed by atoms with van der Waals surface area (Å²) in [6.45, 7) is 14.0. The summed E-state index contributed by atoms with van der Waals surface area (Å²) >= 11 is 0. The molecule has 0 unspecified atom stereocenters. The predicted octanol–water partition coefficient (Wildman–Crippen LogP) is 11.1. The molecule has 1 saturated heterocycles. The molecule has 10 aromatic rings. The molecule has 0 atom stereocenters. The molecule has 4 amide bonds. The number of carbonyl (C=O) groups excluding carboxylic acids is 4. The zero-order chi connectivity index (χ0) is 82.7. The quantitative estimate of drug-likeness (QED) is 0.0351. The highest BCUT2D eigenvalue weighted by Gasteiger charge is 2.32. The number of hydrogen-bond acceptors (Lipinski definition) is 18. The van der Waals surface area contributed by atoms with Gasteiger partial charge in [-0.15, -0.1) is 0 Å². The Morgan fingerprint density at radius 2 is 0.862 bits per heavy atom. The maximum atomic E-state index is 14.2. The molecule has 116 heavy (non-hydrogen) atoms. The molecule has 35 heteroatoms. The third kappa shape index (κ3) is 20.0. The van der Waals surface area contributed by atoms with Crippen LogP contribution in [0.2, 0.25) is 0 Å². The van der Waals surface area contributed by atoms with Crippen LogP contribution in [0.15, 0.2) is 140 Å². The zero-order valence-corrected chi connectivity index (χ0v) is 68.1. The van der Waals surface area contributed by atoms with Gasteiger partial charge in [0.1, 0.15) is 63.4 Å². The molecule has 612 valence electrons. The molecule has 1 saturated carbocycles. The van der Waals surface area contributed by atoms with Gasteiger partial charge in [0.15, 0.2) is 21.4 Å². The van der Waals surface area contributed by atoms with Crippen molar-refractivity contribution in [2.75, 3.05) is 85.2 Å². The molecule has 5 aromatic carbocycles. The van der Waals surface area contributed by atoms with Gasteiger partial charge in [-0.2, -0.15) is 0 Å². The van der Waals surface area contributed by atoms with Crippen LogP contribution in [0.1, 0.15) is 95.5 Å². The summed E-state index contributed by atoms with van der Waals surface area (Å²) in [7, 11) is -13.5. The Hall–Kier alpha value is -11.5. The van der Waals surface area contributed by atoms with Crippen molar-refractivity contribution in [3.05, 3.63) is 202 Å². The van der Waals surface area contributed by atoms with Crippen LogP contribution in [0.5, 0.6) is 34.5 Å². The second kappa shape index (κ2) is 34.1. The van der Waals surface area contributed by atoms with E-state index in [4.69, 9.17) is 23.7 Å². The first-order valence-corrected chi connectivity index (χ1v) is 45.0. The number of pyridine rings is 1. The van der Waals surface area contributed by atoms with Gasteiger partial charge < -0.3 is 63.2 Å². The maximum Gasteiger partial charge on any atom is 0.268 e. The van der Waals surface area contributed by atoms with Crippen LogP contribution in [0, 0.1) is 45.2 Å². The van der Waals surface area contributed by atoms with Crippen LogP contribution in [0.3, 0.4) is 0 Å². The fourth-order valence-corrected chi connectivity index (χ4v) is 17.0. The van der Waals surface area contributed by atoms with Crippen LogP contribution in [-0.4, -0.2) is 158 Å². The minimum atomic E-state index is -3.44. The van der Waals surface area contributed by atoms with Crippen LogP contribution >= 0.6 is 0 Å². The number of anilines is 3. The van der Waals surface area contributed by atoms with E-state index in [2.05, 4.69) is 40.4 Å². The molecule has 0 bridgehead atoms. The Bertz CT molecular complexity index is 5980. The van der Waals surface area contributed by atoms with Crippen molar-refractivity contribution in [1.82, 2.24) is 44.5 Å². The number of amides is 4. The Balaban J connectivity index is 0.000000135. The predicted molar refractivity (Wildman–Crippen MR) is 435 cm³/mol. The third-order valence-electron chi connectivity index (χ3n) is 19.5. The lowest BCUT2D eigenvalue weighted by atomic mass is 10.1. The number of hydrogen-bond donors (Lipinski definition) is 7. The molecule has 0 radical (unpaired) electrons. The first kappa shape index (κ1) is 82.5. The summed E-state index contributed by atoms with van der Waals surface area (Å²) < 4.78 is 166. The number of rotatable bonds is 21. The number of nitrogens with one attached hydrogen (secondary N) is 7. The van der Waals surface area contributed by atoms with E-state index in [-0.39, 0.29) is 47.0 Å². The molecule has 0 spiro atoms. The summed E-state index contributed by atoms with van der Waals surface area (Å²) in [4.78, 5) is 53.3. The topological polar surface area (TPSA) is 368 Å². The molecule has 7 N–H and O–H groups in total. The molecule has 5 aromatic heterocycles. The van der Waals surface area contributed by atoms with Gasteiger partial charge in [0.25, 0.3) is 23.6 Å². The number of aryl methyl sites for hydroxylation is 4. The molecule has 10 heterocycles. The molecule has 6 aliphatic rings. The number of ether oxygens (including phenoxy) is 5. The largest absolute Gasteiger partial charge is 0.493 e. The van der Waals surface area contributed by atoms with E-state index in [1.54, 1.807) is 104 Å². The summed E-state index contributed by atoms with van der Waals surface area (Å²) in [5.74, 6) is 0.860. The third-order valence-corrected chi connectivity index (χ3v) is 22.2. The average molecular weight is 1670 g/mol. The van der Waals surface area contributed by atoms with Gasteiger partial charge in [-0.25, -0.2) is 42.5 Å². The van der Waals surface area contributed by atoms with E-state index < -0.39 is 51.5 Å². The Kier molecular flexibility index (Phi) is 24.2. The van der Waals surface area contributed by atoms with Gasteiger partial charge in [0.05, 0.1) is 73.3 Å². The van der Waals surface area contributed by atoms with Gasteiger partial charge in [0.2, 0.25) is 30.1 Å². The van der Waals surface area contributed by atoms with E-state index >= 15 is 0 Å². The molecular formula is C81H88F2N12O17S4. The van der Waals surface area contributed by atoms with Crippen LogP contribution in [-0.2, 0) is 76.6 Å². The molecule has 29 nitrogen and oxygen atoms in total. The summed E-state index contributed by atoms with van der Waals surface area (Å²) in [6.07, 6.45) is 11.7. The number of carbonyl (C=O) groups is 4. The average Bonchev–Trinajstić information content (AvgIpc) is 1.63. The van der Waals surface area contributed by atoms with E-state index in [0.717, 1.165) is 100 Å². The highest BCUT2D eigenvalue weighted by atomic mass is 32.2. The SMILES string of the molecule is Cc1cc(-c2cc(CS(C)(=O)=O)ccc2Oc2ccc(F)cc2F)n2c1C(=O)NCC2.Cc1cc(-c2cc(NS(C)(=O)=O)ccc2OC2CCOCC2)n2c1C(=O)NCC2.Cc1cc(-c2cc(NS(C)(=O)=O)ccc2OCC2CC2)n2c1C(=O)NCC2.Cc1cc(-c2cc(NS(C)(=O)=O)ccc2Oc2cccnc2)n2c1C(=O)NCC2. The van der Waals surface area contributed by atoms with Gasteiger partial charge in [0, 0.05) is 123 Å². The van der Waals surface area contributed by atoms with Gasteiger partial charge >= 0.3 is 0 Å². The lowest BCUT2D eigenvalue weighted by Crippen LogP contribution is -2.35. The van der Waals surface area contributed by atoms with Crippen molar-refractivity contribution in [2.24, 2.45) is 5.92 Å². The van der Waals surface area contributed by atoms with E-state index in [9.17, 15) is 61.6 Å². The Morgan fingerprint density at radius 1 is 0.466 bits per heavy atom. The van der Waals surface area contributed by atoms with Crippen molar-refractivity contribution < 1.29 is 85.3 Å². The monoisotopic (exact) mass is 1670 g/mol.